The summed E-state index contributed by atoms with van der Waals surface area (Å²) >= 11 is 0. The van der Waals surface area contributed by atoms with Gasteiger partial charge in [0.05, 0.1) is 16.7 Å². The van der Waals surface area contributed by atoms with Crippen LogP contribution in [0.25, 0.3) is 21.8 Å². The summed E-state index contributed by atoms with van der Waals surface area (Å²) in [4.78, 5) is 27.7. The van der Waals surface area contributed by atoms with Crippen molar-refractivity contribution in [3.8, 4) is 0 Å². The van der Waals surface area contributed by atoms with Crippen LogP contribution < -0.4 is 16.0 Å². The van der Waals surface area contributed by atoms with Gasteiger partial charge in [-0.1, -0.05) is 36.4 Å². The van der Waals surface area contributed by atoms with Crippen LogP contribution in [0.4, 0.5) is 17.1 Å². The van der Waals surface area contributed by atoms with Crippen LogP contribution in [0.5, 0.6) is 0 Å². The Morgan fingerprint density at radius 2 is 1.38 bits per heavy atom. The molecule has 0 saturated carbocycles. The van der Waals surface area contributed by atoms with Gasteiger partial charge in [-0.25, -0.2) is 4.98 Å². The molecule has 3 aromatic carbocycles. The van der Waals surface area contributed by atoms with Gasteiger partial charge < -0.3 is 16.0 Å². The predicted octanol–water partition coefficient (Wildman–Crippen LogP) is 5.41. The fraction of sp³-hybridized carbons (Fsp3) is 0.160. The van der Waals surface area contributed by atoms with Crippen LogP contribution >= 0.6 is 12.4 Å². The van der Waals surface area contributed by atoms with Crippen molar-refractivity contribution < 1.29 is 9.59 Å². The fourth-order valence-electron chi connectivity index (χ4n) is 3.49. The molecular formula is C25H25ClN4O2. The standard InChI is InChI=1S/C25H24N4O2.ClH/c1-17(30)26-16-6-11-24(31)27-18-12-14-19(15-13-18)28-25-20-7-2-4-9-22(20)29-23-10-5-3-8-21(23)25;/h2-5,7-10,12-15H,6,11,16H2,1H3,(H,26,30)(H,27,31)(H,28,29);1H. The molecule has 0 radical (unpaired) electrons. The maximum absolute atomic E-state index is 12.1. The second-order valence-electron chi connectivity index (χ2n) is 7.36. The first-order chi connectivity index (χ1) is 15.1. The molecule has 0 bridgehead atoms. The number of aromatic nitrogens is 1. The minimum absolute atomic E-state index is 0. The summed E-state index contributed by atoms with van der Waals surface area (Å²) in [6, 6.07) is 23.8. The van der Waals surface area contributed by atoms with Gasteiger partial charge in [-0.15, -0.1) is 12.4 Å². The molecule has 0 aliphatic heterocycles. The molecule has 2 amide bonds. The maximum atomic E-state index is 12.1. The van der Waals surface area contributed by atoms with Crippen molar-refractivity contribution in [2.75, 3.05) is 17.2 Å². The summed E-state index contributed by atoms with van der Waals surface area (Å²) in [5.74, 6) is -0.157. The van der Waals surface area contributed by atoms with E-state index in [1.165, 1.54) is 6.92 Å². The number of benzene rings is 3. The first-order valence-corrected chi connectivity index (χ1v) is 10.3. The van der Waals surface area contributed by atoms with Crippen molar-refractivity contribution in [3.05, 3.63) is 72.8 Å². The van der Waals surface area contributed by atoms with E-state index in [-0.39, 0.29) is 24.2 Å². The number of nitrogens with one attached hydrogen (secondary N) is 3. The van der Waals surface area contributed by atoms with Crippen LogP contribution in [0, 0.1) is 0 Å². The summed E-state index contributed by atoms with van der Waals surface area (Å²) < 4.78 is 0. The molecule has 0 fully saturated rings. The Morgan fingerprint density at radius 1 is 0.812 bits per heavy atom. The van der Waals surface area contributed by atoms with Crippen LogP contribution in [-0.4, -0.2) is 23.3 Å². The van der Waals surface area contributed by atoms with Gasteiger partial charge in [-0.2, -0.15) is 0 Å². The number of amides is 2. The highest BCUT2D eigenvalue weighted by atomic mass is 35.5. The molecule has 1 aromatic heterocycles. The monoisotopic (exact) mass is 448 g/mol. The van der Waals surface area contributed by atoms with Gasteiger partial charge in [0.2, 0.25) is 11.8 Å². The summed E-state index contributed by atoms with van der Waals surface area (Å²) in [7, 11) is 0. The van der Waals surface area contributed by atoms with Gasteiger partial charge >= 0.3 is 0 Å². The quantitative estimate of drug-likeness (QED) is 0.261. The third-order valence-electron chi connectivity index (χ3n) is 4.98. The summed E-state index contributed by atoms with van der Waals surface area (Å²) in [5, 5.41) is 11.2. The molecule has 1 heterocycles. The van der Waals surface area contributed by atoms with E-state index in [4.69, 9.17) is 4.98 Å². The van der Waals surface area contributed by atoms with E-state index in [9.17, 15) is 9.59 Å². The molecule has 0 aliphatic rings. The molecular weight excluding hydrogens is 424 g/mol. The lowest BCUT2D eigenvalue weighted by atomic mass is 10.1. The smallest absolute Gasteiger partial charge is 0.224 e. The lowest BCUT2D eigenvalue weighted by Gasteiger charge is -2.14. The molecule has 164 valence electrons. The number of carbonyl (C=O) groups excluding carboxylic acids is 2. The van der Waals surface area contributed by atoms with Gasteiger partial charge in [0.25, 0.3) is 0 Å². The van der Waals surface area contributed by atoms with Crippen molar-refractivity contribution in [2.45, 2.75) is 19.8 Å². The maximum Gasteiger partial charge on any atom is 0.224 e. The van der Waals surface area contributed by atoms with Crippen LogP contribution in [-0.2, 0) is 9.59 Å². The third-order valence-corrected chi connectivity index (χ3v) is 4.98. The van der Waals surface area contributed by atoms with Crippen molar-refractivity contribution in [1.29, 1.82) is 0 Å². The summed E-state index contributed by atoms with van der Waals surface area (Å²) in [5.41, 5.74) is 4.54. The minimum atomic E-state index is -0.0850. The van der Waals surface area contributed by atoms with E-state index in [1.807, 2.05) is 60.7 Å². The lowest BCUT2D eigenvalue weighted by Crippen LogP contribution is -2.22. The van der Waals surface area contributed by atoms with E-state index in [2.05, 4.69) is 28.1 Å². The molecule has 4 rings (SSSR count). The largest absolute Gasteiger partial charge is 0.356 e. The van der Waals surface area contributed by atoms with Crippen LogP contribution in [0.3, 0.4) is 0 Å². The van der Waals surface area contributed by atoms with Crippen molar-refractivity contribution in [1.82, 2.24) is 10.3 Å². The summed E-state index contributed by atoms with van der Waals surface area (Å²) in [6.45, 7) is 1.96. The highest BCUT2D eigenvalue weighted by molar-refractivity contribution is 6.08. The molecule has 0 aliphatic carbocycles. The molecule has 0 atom stereocenters. The Hall–Kier alpha value is -3.64. The topological polar surface area (TPSA) is 83.1 Å². The van der Waals surface area contributed by atoms with Crippen molar-refractivity contribution in [2.24, 2.45) is 0 Å². The zero-order valence-electron chi connectivity index (χ0n) is 17.7. The highest BCUT2D eigenvalue weighted by Crippen LogP contribution is 2.33. The normalized spacial score (nSPS) is 10.4. The molecule has 32 heavy (non-hydrogen) atoms. The van der Waals surface area contributed by atoms with E-state index in [0.717, 1.165) is 38.9 Å². The average molecular weight is 449 g/mol. The lowest BCUT2D eigenvalue weighted by molar-refractivity contribution is -0.119. The van der Waals surface area contributed by atoms with Gasteiger partial charge in [-0.05, 0) is 42.8 Å². The van der Waals surface area contributed by atoms with Crippen LogP contribution in [0.15, 0.2) is 72.8 Å². The van der Waals surface area contributed by atoms with E-state index in [0.29, 0.717) is 19.4 Å². The zero-order chi connectivity index (χ0) is 21.6. The van der Waals surface area contributed by atoms with Crippen LogP contribution in [0.2, 0.25) is 0 Å². The second-order valence-corrected chi connectivity index (χ2v) is 7.36. The first-order valence-electron chi connectivity index (χ1n) is 10.3. The Bertz CT molecular complexity index is 1190. The van der Waals surface area contributed by atoms with Gasteiger partial charge in [0.15, 0.2) is 0 Å². The number of pyridine rings is 1. The number of halogens is 1. The Kier molecular flexibility index (Phi) is 7.63. The SMILES string of the molecule is CC(=O)NCCCC(=O)Nc1ccc(Nc2c3ccccc3nc3ccccc23)cc1.Cl. The number of carbonyl (C=O) groups is 2. The highest BCUT2D eigenvalue weighted by Gasteiger charge is 2.09. The van der Waals surface area contributed by atoms with E-state index < -0.39 is 0 Å². The van der Waals surface area contributed by atoms with Gasteiger partial charge in [-0.3, -0.25) is 9.59 Å². The number of fused-ring (bicyclic) bond motifs is 2. The minimum Gasteiger partial charge on any atom is -0.356 e. The Labute approximate surface area is 192 Å². The van der Waals surface area contributed by atoms with Gasteiger partial charge in [0, 0.05) is 42.0 Å². The molecule has 0 spiro atoms. The Morgan fingerprint density at radius 3 is 1.97 bits per heavy atom. The average Bonchev–Trinajstić information content (AvgIpc) is 2.78. The van der Waals surface area contributed by atoms with E-state index in [1.54, 1.807) is 0 Å². The predicted molar refractivity (Wildman–Crippen MR) is 133 cm³/mol. The van der Waals surface area contributed by atoms with Crippen molar-refractivity contribution in [3.63, 3.8) is 0 Å². The molecule has 4 aromatic rings. The second kappa shape index (κ2) is 10.6. The number of para-hydroxylation sites is 2. The van der Waals surface area contributed by atoms with E-state index >= 15 is 0 Å². The Balaban J connectivity index is 0.00000289. The molecule has 7 heteroatoms. The van der Waals surface area contributed by atoms with Gasteiger partial charge in [0.1, 0.15) is 0 Å². The number of nitrogens with zero attached hydrogens (tertiary/aromatic N) is 1. The molecule has 0 unspecified atom stereocenters. The van der Waals surface area contributed by atoms with Crippen molar-refractivity contribution >= 4 is 63.1 Å². The number of hydrogen-bond donors (Lipinski definition) is 3. The first kappa shape index (κ1) is 23.0. The zero-order valence-corrected chi connectivity index (χ0v) is 18.5. The molecule has 0 saturated heterocycles. The number of anilines is 3. The molecule has 6 nitrogen and oxygen atoms in total. The summed E-state index contributed by atoms with van der Waals surface area (Å²) in [6.07, 6.45) is 0.961. The molecule has 3 N–H and O–H groups in total. The third kappa shape index (κ3) is 5.53. The van der Waals surface area contributed by atoms with Crippen LogP contribution in [0.1, 0.15) is 19.8 Å². The fourth-order valence-corrected chi connectivity index (χ4v) is 3.49. The number of hydrogen-bond acceptors (Lipinski definition) is 4. The number of rotatable bonds is 7.